The first-order chi connectivity index (χ1) is 17.5. The molecule has 0 saturated carbocycles. The molecule has 2 saturated heterocycles. The number of carbonyl (C=O) groups excluding carboxylic acids is 1. The van der Waals surface area contributed by atoms with Crippen LogP contribution in [-0.2, 0) is 36.1 Å². The Bertz CT molecular complexity index is 1330. The third kappa shape index (κ3) is 6.06. The normalized spacial score (nSPS) is 20.0. The first kappa shape index (κ1) is 27.7. The van der Waals surface area contributed by atoms with Crippen LogP contribution in [0.4, 0.5) is 0 Å². The van der Waals surface area contributed by atoms with Crippen molar-refractivity contribution in [3.63, 3.8) is 0 Å². The summed E-state index contributed by atoms with van der Waals surface area (Å²) in [5.74, 6) is -0.655. The van der Waals surface area contributed by atoms with E-state index >= 15 is 0 Å². The van der Waals surface area contributed by atoms with Gasteiger partial charge in [0.25, 0.3) is 0 Å². The van der Waals surface area contributed by atoms with Gasteiger partial charge in [0.1, 0.15) is 0 Å². The number of aryl methyl sites for hydroxylation is 3. The lowest BCUT2D eigenvalue weighted by atomic mass is 9.99. The number of hydrogen-bond acceptors (Lipinski definition) is 6. The molecule has 2 aliphatic heterocycles. The Morgan fingerprint density at radius 1 is 0.919 bits per heavy atom. The van der Waals surface area contributed by atoms with Crippen LogP contribution < -0.4 is 5.32 Å². The minimum atomic E-state index is -3.72. The second-order valence-corrected chi connectivity index (χ2v) is 13.6. The maximum absolute atomic E-state index is 13.4. The molecule has 0 bridgehead atoms. The van der Waals surface area contributed by atoms with Crippen LogP contribution in [0.3, 0.4) is 0 Å². The van der Waals surface area contributed by atoms with Gasteiger partial charge in [-0.05, 0) is 62.4 Å². The van der Waals surface area contributed by atoms with Crippen LogP contribution >= 0.6 is 0 Å². The quantitative estimate of drug-likeness (QED) is 0.567. The number of carbonyl (C=O) groups is 1. The number of amides is 1. The summed E-state index contributed by atoms with van der Waals surface area (Å²) in [6.45, 7) is 7.73. The second kappa shape index (κ2) is 11.2. The van der Waals surface area contributed by atoms with E-state index in [9.17, 15) is 21.6 Å². The first-order valence-corrected chi connectivity index (χ1v) is 15.4. The third-order valence-electron chi connectivity index (χ3n) is 6.96. The molecular weight excluding hydrogens is 514 g/mol. The summed E-state index contributed by atoms with van der Waals surface area (Å²) in [4.78, 5) is 13.5. The van der Waals surface area contributed by atoms with Crippen molar-refractivity contribution in [2.75, 3.05) is 39.4 Å². The third-order valence-corrected chi connectivity index (χ3v) is 11.0. The van der Waals surface area contributed by atoms with Gasteiger partial charge in [-0.2, -0.15) is 8.61 Å². The number of hydrogen-bond donors (Lipinski definition) is 1. The molecule has 37 heavy (non-hydrogen) atoms. The fourth-order valence-electron chi connectivity index (χ4n) is 5.13. The van der Waals surface area contributed by atoms with Gasteiger partial charge in [-0.15, -0.1) is 0 Å². The Kier molecular flexibility index (Phi) is 8.39. The number of rotatable bonds is 7. The number of sulfonamides is 2. The number of ether oxygens (including phenoxy) is 1. The van der Waals surface area contributed by atoms with Gasteiger partial charge in [0.2, 0.25) is 26.0 Å². The number of nitrogens with one attached hydrogen (secondary N) is 1. The summed E-state index contributed by atoms with van der Waals surface area (Å²) in [6, 6.07) is 10.2. The highest BCUT2D eigenvalue weighted by Crippen LogP contribution is 2.29. The molecule has 0 radical (unpaired) electrons. The van der Waals surface area contributed by atoms with Crippen LogP contribution in [0.25, 0.3) is 0 Å². The Morgan fingerprint density at radius 2 is 1.54 bits per heavy atom. The zero-order chi connectivity index (χ0) is 26.8. The molecule has 2 heterocycles. The number of piperidine rings is 1. The SMILES string of the molecule is Cc1cc(C)c(S(=O)(=O)N2CCC[C@H](C(=O)NCc3ccc(S(=O)(=O)N4CCOCC4)cc3)C2)c(C)c1. The van der Waals surface area contributed by atoms with Crippen molar-refractivity contribution in [3.8, 4) is 0 Å². The lowest BCUT2D eigenvalue weighted by Crippen LogP contribution is -2.45. The maximum atomic E-state index is 13.4. The van der Waals surface area contributed by atoms with Crippen molar-refractivity contribution < 1.29 is 26.4 Å². The summed E-state index contributed by atoms with van der Waals surface area (Å²) in [7, 11) is -7.29. The molecule has 9 nitrogen and oxygen atoms in total. The fraction of sp³-hybridized carbons (Fsp3) is 0.500. The molecule has 0 aromatic heterocycles. The van der Waals surface area contributed by atoms with Crippen molar-refractivity contribution in [1.29, 1.82) is 0 Å². The monoisotopic (exact) mass is 549 g/mol. The minimum absolute atomic E-state index is 0.137. The van der Waals surface area contributed by atoms with E-state index in [0.29, 0.717) is 61.7 Å². The molecule has 2 aromatic carbocycles. The Morgan fingerprint density at radius 3 is 2.16 bits per heavy atom. The van der Waals surface area contributed by atoms with E-state index in [4.69, 9.17) is 4.74 Å². The molecule has 2 fully saturated rings. The van der Waals surface area contributed by atoms with Crippen molar-refractivity contribution >= 4 is 26.0 Å². The van der Waals surface area contributed by atoms with Crippen LogP contribution in [0.2, 0.25) is 0 Å². The molecule has 1 amide bonds. The molecule has 11 heteroatoms. The number of benzene rings is 2. The van der Waals surface area contributed by atoms with Crippen LogP contribution in [-0.4, -0.2) is 70.7 Å². The molecular formula is C26H35N3O6S2. The molecule has 2 aromatic rings. The van der Waals surface area contributed by atoms with Gasteiger partial charge in [0.05, 0.1) is 28.9 Å². The molecule has 0 aliphatic carbocycles. The minimum Gasteiger partial charge on any atom is -0.379 e. The standard InChI is InChI=1S/C26H35N3O6S2/c1-19-15-20(2)25(21(3)16-19)37(33,34)29-10-4-5-23(18-29)26(30)27-17-22-6-8-24(9-7-22)36(31,32)28-11-13-35-14-12-28/h6-9,15-16,23H,4-5,10-14,17-18H2,1-3H3,(H,27,30)/t23-/m0/s1. The van der Waals surface area contributed by atoms with E-state index in [0.717, 1.165) is 11.1 Å². The summed E-state index contributed by atoms with van der Waals surface area (Å²) in [6.07, 6.45) is 1.22. The predicted molar refractivity (Wildman–Crippen MR) is 140 cm³/mol. The lowest BCUT2D eigenvalue weighted by molar-refractivity contribution is -0.126. The van der Waals surface area contributed by atoms with Gasteiger partial charge in [0, 0.05) is 32.7 Å². The van der Waals surface area contributed by atoms with E-state index < -0.39 is 26.0 Å². The molecule has 0 unspecified atom stereocenters. The Labute approximate surface area is 219 Å². The fourth-order valence-corrected chi connectivity index (χ4v) is 8.47. The Hall–Kier alpha value is -2.31. The van der Waals surface area contributed by atoms with Crippen molar-refractivity contribution in [2.24, 2.45) is 5.92 Å². The van der Waals surface area contributed by atoms with Crippen LogP contribution in [0.15, 0.2) is 46.2 Å². The van der Waals surface area contributed by atoms with Crippen LogP contribution in [0, 0.1) is 26.7 Å². The van der Waals surface area contributed by atoms with Gasteiger partial charge in [-0.3, -0.25) is 4.79 Å². The van der Waals surface area contributed by atoms with E-state index in [1.165, 1.54) is 8.61 Å². The van der Waals surface area contributed by atoms with Crippen LogP contribution in [0.5, 0.6) is 0 Å². The van der Waals surface area contributed by atoms with Gasteiger partial charge < -0.3 is 10.1 Å². The summed E-state index contributed by atoms with van der Waals surface area (Å²) in [5, 5.41) is 2.90. The maximum Gasteiger partial charge on any atom is 0.243 e. The summed E-state index contributed by atoms with van der Waals surface area (Å²) in [5.41, 5.74) is 3.20. The van der Waals surface area contributed by atoms with Crippen molar-refractivity contribution in [3.05, 3.63) is 58.7 Å². The van der Waals surface area contributed by atoms with E-state index in [1.807, 2.05) is 19.1 Å². The van der Waals surface area contributed by atoms with Gasteiger partial charge in [-0.1, -0.05) is 29.8 Å². The molecule has 4 rings (SSSR count). The average Bonchev–Trinajstić information content (AvgIpc) is 2.87. The highest BCUT2D eigenvalue weighted by molar-refractivity contribution is 7.89. The predicted octanol–water partition coefficient (Wildman–Crippen LogP) is 2.35. The zero-order valence-electron chi connectivity index (χ0n) is 21.6. The molecule has 1 atom stereocenters. The van der Waals surface area contributed by atoms with Crippen molar-refractivity contribution in [2.45, 2.75) is 49.9 Å². The highest BCUT2D eigenvalue weighted by atomic mass is 32.2. The first-order valence-electron chi connectivity index (χ1n) is 12.5. The zero-order valence-corrected chi connectivity index (χ0v) is 23.2. The lowest BCUT2D eigenvalue weighted by Gasteiger charge is -2.32. The summed E-state index contributed by atoms with van der Waals surface area (Å²) < 4.78 is 60.6. The summed E-state index contributed by atoms with van der Waals surface area (Å²) >= 11 is 0. The van der Waals surface area contributed by atoms with Gasteiger partial charge in [-0.25, -0.2) is 16.8 Å². The molecule has 2 aliphatic rings. The van der Waals surface area contributed by atoms with E-state index in [1.54, 1.807) is 38.1 Å². The topological polar surface area (TPSA) is 113 Å². The van der Waals surface area contributed by atoms with Gasteiger partial charge in [0.15, 0.2) is 0 Å². The van der Waals surface area contributed by atoms with Gasteiger partial charge >= 0.3 is 0 Å². The van der Waals surface area contributed by atoms with Crippen molar-refractivity contribution in [1.82, 2.24) is 13.9 Å². The second-order valence-electron chi connectivity index (χ2n) is 9.81. The molecule has 1 N–H and O–H groups in total. The number of morpholine rings is 1. The number of nitrogens with zero attached hydrogens (tertiary/aromatic N) is 2. The van der Waals surface area contributed by atoms with Crippen LogP contribution in [0.1, 0.15) is 35.1 Å². The van der Waals surface area contributed by atoms with E-state index in [2.05, 4.69) is 5.32 Å². The Balaban J connectivity index is 1.38. The largest absolute Gasteiger partial charge is 0.379 e. The highest BCUT2D eigenvalue weighted by Gasteiger charge is 2.35. The molecule has 0 spiro atoms. The molecule has 202 valence electrons. The average molecular weight is 550 g/mol. The smallest absolute Gasteiger partial charge is 0.243 e. The van der Waals surface area contributed by atoms with E-state index in [-0.39, 0.29) is 23.9 Å².